The summed E-state index contributed by atoms with van der Waals surface area (Å²) in [5.41, 5.74) is 4.72. The molecule has 0 spiro atoms. The fraction of sp³-hybridized carbons (Fsp3) is 0.0526. The standard InChI is InChI=1S/C19H15N3O/c23-19-17(11-14-12-20-16-9-5-4-8-15(14)16)21-18(22-19)10-13-6-2-1-3-7-13/h1-9,11-12,23H,10H2,(H,21,22)/b14-11+. The Morgan fingerprint density at radius 1 is 1.00 bits per heavy atom. The van der Waals surface area contributed by atoms with Crippen LogP contribution in [0, 0.1) is 0 Å². The molecule has 4 nitrogen and oxygen atoms in total. The van der Waals surface area contributed by atoms with Crippen molar-refractivity contribution in [2.75, 3.05) is 0 Å². The van der Waals surface area contributed by atoms with Gasteiger partial charge in [0.25, 0.3) is 0 Å². The minimum atomic E-state index is 0.0150. The number of rotatable bonds is 3. The second-order valence-electron chi connectivity index (χ2n) is 5.46. The molecule has 112 valence electrons. The quantitative estimate of drug-likeness (QED) is 0.769. The van der Waals surface area contributed by atoms with Crippen molar-refractivity contribution in [3.05, 3.63) is 77.2 Å². The van der Waals surface area contributed by atoms with Crippen molar-refractivity contribution < 1.29 is 5.11 Å². The minimum Gasteiger partial charge on any atom is -0.492 e. The summed E-state index contributed by atoms with van der Waals surface area (Å²) in [4.78, 5) is 11.8. The smallest absolute Gasteiger partial charge is 0.237 e. The van der Waals surface area contributed by atoms with Gasteiger partial charge in [-0.1, -0.05) is 48.5 Å². The van der Waals surface area contributed by atoms with Crippen molar-refractivity contribution in [1.82, 2.24) is 9.97 Å². The molecule has 0 bridgehead atoms. The van der Waals surface area contributed by atoms with E-state index in [1.807, 2.05) is 66.9 Å². The van der Waals surface area contributed by atoms with E-state index < -0.39 is 0 Å². The first-order valence-corrected chi connectivity index (χ1v) is 7.46. The lowest BCUT2D eigenvalue weighted by atomic mass is 10.1. The summed E-state index contributed by atoms with van der Waals surface area (Å²) in [5, 5.41) is 10.1. The molecule has 0 amide bonds. The molecule has 2 aromatic carbocycles. The van der Waals surface area contributed by atoms with E-state index in [4.69, 9.17) is 0 Å². The number of hydrogen-bond donors (Lipinski definition) is 2. The van der Waals surface area contributed by atoms with Gasteiger partial charge in [-0.2, -0.15) is 4.98 Å². The third-order valence-electron chi connectivity index (χ3n) is 3.83. The monoisotopic (exact) mass is 301 g/mol. The van der Waals surface area contributed by atoms with Crippen LogP contribution in [0.5, 0.6) is 5.88 Å². The zero-order chi connectivity index (χ0) is 15.6. The number of aromatic hydroxyl groups is 1. The third kappa shape index (κ3) is 2.66. The van der Waals surface area contributed by atoms with Crippen molar-refractivity contribution in [2.45, 2.75) is 6.42 Å². The molecule has 3 aromatic rings. The average Bonchev–Trinajstić information content (AvgIpc) is 3.13. The van der Waals surface area contributed by atoms with Crippen molar-refractivity contribution in [1.29, 1.82) is 0 Å². The van der Waals surface area contributed by atoms with Crippen LogP contribution >= 0.6 is 0 Å². The van der Waals surface area contributed by atoms with E-state index in [0.717, 1.165) is 28.2 Å². The summed E-state index contributed by atoms with van der Waals surface area (Å²) >= 11 is 0. The number of fused-ring (bicyclic) bond motifs is 1. The molecule has 4 rings (SSSR count). The van der Waals surface area contributed by atoms with E-state index >= 15 is 0 Å². The second-order valence-corrected chi connectivity index (χ2v) is 5.46. The zero-order valence-electron chi connectivity index (χ0n) is 12.4. The highest BCUT2D eigenvalue weighted by atomic mass is 16.3. The maximum Gasteiger partial charge on any atom is 0.237 e. The van der Waals surface area contributed by atoms with Crippen molar-refractivity contribution in [3.8, 4) is 5.88 Å². The maximum absolute atomic E-state index is 10.1. The molecule has 0 radical (unpaired) electrons. The molecule has 1 aliphatic heterocycles. The Morgan fingerprint density at radius 2 is 1.78 bits per heavy atom. The van der Waals surface area contributed by atoms with Crippen molar-refractivity contribution in [3.63, 3.8) is 0 Å². The van der Waals surface area contributed by atoms with Crippen LogP contribution in [0.1, 0.15) is 22.6 Å². The molecule has 2 heterocycles. The molecule has 2 N–H and O–H groups in total. The Morgan fingerprint density at radius 3 is 2.65 bits per heavy atom. The third-order valence-corrected chi connectivity index (χ3v) is 3.83. The van der Waals surface area contributed by atoms with Gasteiger partial charge in [0.15, 0.2) is 0 Å². The highest BCUT2D eigenvalue weighted by Crippen LogP contribution is 2.33. The van der Waals surface area contributed by atoms with E-state index in [1.54, 1.807) is 0 Å². The summed E-state index contributed by atoms with van der Waals surface area (Å²) in [6.07, 6.45) is 4.34. The molecular weight excluding hydrogens is 286 g/mol. The normalized spacial score (nSPS) is 14.3. The number of aromatic amines is 1. The Balaban J connectivity index is 1.64. The molecule has 0 fully saturated rings. The number of benzene rings is 2. The number of aliphatic imine (C=N–C) groups is 1. The molecular formula is C19H15N3O. The second kappa shape index (κ2) is 5.57. The van der Waals surface area contributed by atoms with Gasteiger partial charge in [-0.05, 0) is 17.7 Å². The molecule has 0 unspecified atom stereocenters. The van der Waals surface area contributed by atoms with Gasteiger partial charge in [-0.15, -0.1) is 0 Å². The Bertz CT molecular complexity index is 907. The van der Waals surface area contributed by atoms with Gasteiger partial charge in [-0.25, -0.2) is 0 Å². The topological polar surface area (TPSA) is 61.3 Å². The van der Waals surface area contributed by atoms with E-state index in [-0.39, 0.29) is 5.88 Å². The van der Waals surface area contributed by atoms with E-state index in [0.29, 0.717) is 12.1 Å². The van der Waals surface area contributed by atoms with Crippen LogP contribution in [-0.4, -0.2) is 21.3 Å². The molecule has 23 heavy (non-hydrogen) atoms. The SMILES string of the molecule is Oc1nc(Cc2ccccc2)[nH]c1/C=C1\C=Nc2ccccc21. The number of para-hydroxylation sites is 1. The molecule has 4 heteroatoms. The highest BCUT2D eigenvalue weighted by molar-refractivity contribution is 6.21. The van der Waals surface area contributed by atoms with E-state index in [9.17, 15) is 5.11 Å². The van der Waals surface area contributed by atoms with Gasteiger partial charge >= 0.3 is 0 Å². The average molecular weight is 301 g/mol. The Hall–Kier alpha value is -3.14. The van der Waals surface area contributed by atoms with Crippen LogP contribution < -0.4 is 0 Å². The maximum atomic E-state index is 10.1. The number of allylic oxidation sites excluding steroid dienone is 1. The zero-order valence-corrected chi connectivity index (χ0v) is 12.4. The van der Waals surface area contributed by atoms with Crippen molar-refractivity contribution >= 4 is 23.6 Å². The predicted molar refractivity (Wildman–Crippen MR) is 92.0 cm³/mol. The number of imidazole rings is 1. The van der Waals surface area contributed by atoms with Crippen LogP contribution in [0.15, 0.2) is 59.6 Å². The first-order valence-electron chi connectivity index (χ1n) is 7.46. The first kappa shape index (κ1) is 13.5. The summed E-state index contributed by atoms with van der Waals surface area (Å²) in [6, 6.07) is 18.0. The van der Waals surface area contributed by atoms with Gasteiger partial charge in [0.1, 0.15) is 11.5 Å². The molecule has 0 saturated carbocycles. The lowest BCUT2D eigenvalue weighted by Crippen LogP contribution is -1.90. The molecule has 0 atom stereocenters. The number of aromatic nitrogens is 2. The number of nitrogens with zero attached hydrogens (tertiary/aromatic N) is 2. The van der Waals surface area contributed by atoms with Gasteiger partial charge in [0, 0.05) is 23.8 Å². The summed E-state index contributed by atoms with van der Waals surface area (Å²) in [6.45, 7) is 0. The minimum absolute atomic E-state index is 0.0150. The van der Waals surface area contributed by atoms with Gasteiger partial charge in [0.2, 0.25) is 5.88 Å². The van der Waals surface area contributed by atoms with Gasteiger partial charge < -0.3 is 10.1 Å². The molecule has 0 aliphatic carbocycles. The number of H-pyrrole nitrogens is 1. The van der Waals surface area contributed by atoms with E-state index in [1.165, 1.54) is 0 Å². The largest absolute Gasteiger partial charge is 0.492 e. The van der Waals surface area contributed by atoms with Gasteiger partial charge in [0.05, 0.1) is 5.69 Å². The summed E-state index contributed by atoms with van der Waals surface area (Å²) in [7, 11) is 0. The fourth-order valence-electron chi connectivity index (χ4n) is 2.71. The lowest BCUT2D eigenvalue weighted by molar-refractivity contribution is 0.454. The van der Waals surface area contributed by atoms with Crippen LogP contribution in [0.25, 0.3) is 11.6 Å². The lowest BCUT2D eigenvalue weighted by Gasteiger charge is -1.98. The number of hydrogen-bond acceptors (Lipinski definition) is 3. The van der Waals surface area contributed by atoms with Gasteiger partial charge in [-0.3, -0.25) is 4.99 Å². The van der Waals surface area contributed by atoms with Crippen LogP contribution in [0.4, 0.5) is 5.69 Å². The Kier molecular flexibility index (Phi) is 3.27. The summed E-state index contributed by atoms with van der Waals surface area (Å²) in [5.74, 6) is 0.755. The predicted octanol–water partition coefficient (Wildman–Crippen LogP) is 3.96. The highest BCUT2D eigenvalue weighted by Gasteiger charge is 2.14. The summed E-state index contributed by atoms with van der Waals surface area (Å²) < 4.78 is 0. The number of nitrogens with one attached hydrogen (secondary N) is 1. The molecule has 1 aliphatic rings. The van der Waals surface area contributed by atoms with Crippen molar-refractivity contribution in [2.24, 2.45) is 4.99 Å². The van der Waals surface area contributed by atoms with Crippen LogP contribution in [0.2, 0.25) is 0 Å². The first-order chi connectivity index (χ1) is 11.3. The molecule has 0 saturated heterocycles. The van der Waals surface area contributed by atoms with Crippen LogP contribution in [-0.2, 0) is 6.42 Å². The fourth-order valence-corrected chi connectivity index (χ4v) is 2.71. The molecule has 1 aromatic heterocycles. The van der Waals surface area contributed by atoms with Crippen LogP contribution in [0.3, 0.4) is 0 Å². The Labute approximate surface area is 133 Å². The van der Waals surface area contributed by atoms with E-state index in [2.05, 4.69) is 15.0 Å².